The molecule has 5 amide bonds. The molecule has 3 aromatic rings. The van der Waals surface area contributed by atoms with E-state index in [4.69, 9.17) is 21.1 Å². The molecule has 15 heteroatoms. The Morgan fingerprint density at radius 2 is 1.40 bits per heavy atom. The maximum atomic E-state index is 13.2. The Labute approximate surface area is 283 Å². The Hall–Kier alpha value is -4.79. The first-order chi connectivity index (χ1) is 22.3. The van der Waals surface area contributed by atoms with Crippen LogP contribution in [0.5, 0.6) is 0 Å². The Morgan fingerprint density at radius 3 is 1.92 bits per heavy atom. The zero-order valence-corrected chi connectivity index (χ0v) is 28.5. The van der Waals surface area contributed by atoms with Crippen molar-refractivity contribution >= 4 is 75.2 Å². The van der Waals surface area contributed by atoms with Gasteiger partial charge in [0.05, 0.1) is 0 Å². The highest BCUT2D eigenvalue weighted by atomic mass is 35.5. The molecule has 2 atom stereocenters. The number of pyridine rings is 1. The molecule has 1 aromatic heterocycles. The third-order valence-electron chi connectivity index (χ3n) is 6.27. The second-order valence-electron chi connectivity index (χ2n) is 12.7. The van der Waals surface area contributed by atoms with Gasteiger partial charge in [0, 0.05) is 48.0 Å². The van der Waals surface area contributed by atoms with E-state index in [2.05, 4.69) is 15.6 Å². The minimum Gasteiger partial charge on any atom is -0.443 e. The quantitative estimate of drug-likeness (QED) is 0.228. The normalized spacial score (nSPS) is 12.8. The molecule has 0 unspecified atom stereocenters. The van der Waals surface area contributed by atoms with Gasteiger partial charge in [-0.15, -0.1) is 11.6 Å². The molecular weight excluding hydrogens is 646 g/mol. The maximum Gasteiger partial charge on any atom is 0.425 e. The highest BCUT2D eigenvalue weighted by molar-refractivity contribution is 6.18. The van der Waals surface area contributed by atoms with Crippen LogP contribution in [0, 0.1) is 0 Å². The van der Waals surface area contributed by atoms with Crippen LogP contribution in [0.1, 0.15) is 48.5 Å². The van der Waals surface area contributed by atoms with E-state index in [0.29, 0.717) is 27.0 Å². The molecule has 0 aliphatic heterocycles. The van der Waals surface area contributed by atoms with Gasteiger partial charge in [-0.25, -0.2) is 14.6 Å². The molecule has 14 nitrogen and oxygen atoms in total. The number of halogens is 1. The molecule has 4 N–H and O–H groups in total. The Bertz CT molecular complexity index is 1640. The molecule has 48 heavy (non-hydrogen) atoms. The highest BCUT2D eigenvalue weighted by Gasteiger charge is 2.36. The molecule has 0 fully saturated rings. The summed E-state index contributed by atoms with van der Waals surface area (Å²) in [6.45, 7) is 11.2. The van der Waals surface area contributed by atoms with Crippen LogP contribution >= 0.6 is 11.6 Å². The van der Waals surface area contributed by atoms with Crippen molar-refractivity contribution in [3.05, 3.63) is 54.7 Å². The van der Waals surface area contributed by atoms with Crippen molar-refractivity contribution in [2.24, 2.45) is 0 Å². The van der Waals surface area contributed by atoms with Crippen molar-refractivity contribution in [3.63, 3.8) is 0 Å². The molecule has 0 bridgehead atoms. The lowest BCUT2D eigenvalue weighted by Gasteiger charge is -2.28. The third-order valence-corrected chi connectivity index (χ3v) is 6.44. The topological polar surface area (TPSA) is 188 Å². The number of nitrogens with one attached hydrogen (secondary N) is 2. The summed E-state index contributed by atoms with van der Waals surface area (Å²) in [6.07, 6.45) is -5.01. The number of anilines is 4. The summed E-state index contributed by atoms with van der Waals surface area (Å²) in [5.41, 5.74) is -0.926. The molecule has 258 valence electrons. The number of rotatable bonds is 9. The summed E-state index contributed by atoms with van der Waals surface area (Å²) in [4.78, 5) is 69.8. The Balaban J connectivity index is 1.85. The van der Waals surface area contributed by atoms with Crippen molar-refractivity contribution in [1.29, 1.82) is 0 Å². The molecule has 0 aliphatic carbocycles. The highest BCUT2D eigenvalue weighted by Crippen LogP contribution is 2.30. The van der Waals surface area contributed by atoms with Gasteiger partial charge in [0.15, 0.2) is 18.0 Å². The molecule has 0 saturated carbocycles. The zero-order chi connectivity index (χ0) is 36.0. The Kier molecular flexibility index (Phi) is 12.1. The van der Waals surface area contributed by atoms with Crippen LogP contribution in [-0.2, 0) is 23.9 Å². The smallest absolute Gasteiger partial charge is 0.425 e. The molecule has 0 radical (unpaired) electrons. The first-order valence-electron chi connectivity index (χ1n) is 14.9. The minimum absolute atomic E-state index is 0.0125. The van der Waals surface area contributed by atoms with Gasteiger partial charge in [-0.3, -0.25) is 14.4 Å². The van der Waals surface area contributed by atoms with Crippen LogP contribution < -0.4 is 20.4 Å². The van der Waals surface area contributed by atoms with Crippen molar-refractivity contribution in [3.8, 4) is 0 Å². The van der Waals surface area contributed by atoms with E-state index in [1.54, 1.807) is 59.7 Å². The van der Waals surface area contributed by atoms with E-state index in [1.807, 2.05) is 0 Å². The number of hydrogen-bond donors (Lipinski definition) is 4. The monoisotopic (exact) mass is 685 g/mol. The molecule has 0 spiro atoms. The number of aliphatic hydroxyl groups is 2. The van der Waals surface area contributed by atoms with Crippen LogP contribution in [0.2, 0.25) is 0 Å². The average Bonchev–Trinajstić information content (AvgIpc) is 2.97. The van der Waals surface area contributed by atoms with Crippen LogP contribution in [0.3, 0.4) is 0 Å². The number of benzene rings is 2. The zero-order valence-electron chi connectivity index (χ0n) is 27.7. The van der Waals surface area contributed by atoms with Crippen LogP contribution in [0.25, 0.3) is 10.8 Å². The SMILES string of the molecule is CC(=O)Nc1ccc(N(CCCl)C(=O)[C@H](O)[C@@H](O)C(=O)Nc2ccc3c(N(C(=O)OC(C)(C)C)C(=O)OC(C)(C)C)nccc3c2)cc1. The molecule has 0 aliphatic rings. The molecule has 0 saturated heterocycles. The number of nitrogens with zero attached hydrogens (tertiary/aromatic N) is 3. The summed E-state index contributed by atoms with van der Waals surface area (Å²) < 4.78 is 10.9. The summed E-state index contributed by atoms with van der Waals surface area (Å²) in [5.74, 6) is -2.45. The summed E-state index contributed by atoms with van der Waals surface area (Å²) >= 11 is 5.88. The lowest BCUT2D eigenvalue weighted by atomic mass is 10.1. The van der Waals surface area contributed by atoms with E-state index >= 15 is 0 Å². The predicted molar refractivity (Wildman–Crippen MR) is 181 cm³/mol. The van der Waals surface area contributed by atoms with Crippen LogP contribution in [0.4, 0.5) is 32.5 Å². The number of fused-ring (bicyclic) bond motifs is 1. The number of carbonyl (C=O) groups is 5. The van der Waals surface area contributed by atoms with Gasteiger partial charge in [-0.2, -0.15) is 4.90 Å². The molecule has 1 heterocycles. The van der Waals surface area contributed by atoms with Gasteiger partial charge in [0.25, 0.3) is 11.8 Å². The first kappa shape index (κ1) is 37.7. The second-order valence-corrected chi connectivity index (χ2v) is 13.0. The number of aliphatic hydroxyl groups excluding tert-OH is 2. The van der Waals surface area contributed by atoms with Gasteiger partial charge in [0.2, 0.25) is 5.91 Å². The van der Waals surface area contributed by atoms with E-state index in [-0.39, 0.29) is 29.8 Å². The van der Waals surface area contributed by atoms with E-state index < -0.39 is 47.4 Å². The number of hydrogen-bond acceptors (Lipinski definition) is 10. The summed E-state index contributed by atoms with van der Waals surface area (Å²) in [5, 5.41) is 27.2. The fourth-order valence-electron chi connectivity index (χ4n) is 4.31. The van der Waals surface area contributed by atoms with Gasteiger partial charge >= 0.3 is 12.2 Å². The van der Waals surface area contributed by atoms with Crippen LogP contribution in [-0.4, -0.2) is 80.9 Å². The number of ether oxygens (including phenoxy) is 2. The standard InChI is InChI=1S/C33H40ClN5O9/c1-19(40)36-21-8-11-23(12-9-21)38(17-15-34)29(44)26(42)25(41)28(43)37-22-10-13-24-20(18-22)14-16-35-27(24)39(30(45)47-32(2,3)4)31(46)48-33(5,6)7/h8-14,16,18,25-26,41-42H,15,17H2,1-7H3,(H,36,40)(H,37,43)/t25-,26-/m1/s1. The Morgan fingerprint density at radius 1 is 0.833 bits per heavy atom. The fourth-order valence-corrected chi connectivity index (χ4v) is 4.48. The van der Waals surface area contributed by atoms with E-state index in [1.165, 1.54) is 43.5 Å². The van der Waals surface area contributed by atoms with Crippen LogP contribution in [0.15, 0.2) is 54.7 Å². The fraction of sp³-hybridized carbons (Fsp3) is 0.394. The van der Waals surface area contributed by atoms with Gasteiger partial charge in [-0.1, -0.05) is 0 Å². The average molecular weight is 686 g/mol. The third kappa shape index (κ3) is 10.1. The van der Waals surface area contributed by atoms with E-state index in [0.717, 1.165) is 4.90 Å². The molecular formula is C33H40ClN5O9. The second kappa shape index (κ2) is 15.4. The van der Waals surface area contributed by atoms with Crippen molar-refractivity contribution < 1.29 is 43.7 Å². The van der Waals surface area contributed by atoms with Crippen molar-refractivity contribution in [1.82, 2.24) is 4.98 Å². The lowest BCUT2D eigenvalue weighted by molar-refractivity contribution is -0.141. The summed E-state index contributed by atoms with van der Waals surface area (Å²) in [7, 11) is 0. The minimum atomic E-state index is -2.17. The number of aromatic nitrogens is 1. The van der Waals surface area contributed by atoms with Gasteiger partial charge < -0.3 is 35.2 Å². The van der Waals surface area contributed by atoms with Gasteiger partial charge in [0.1, 0.15) is 11.2 Å². The van der Waals surface area contributed by atoms with Crippen molar-refractivity contribution in [2.75, 3.05) is 32.9 Å². The summed E-state index contributed by atoms with van der Waals surface area (Å²) in [6, 6.07) is 12.1. The molecule has 2 aromatic carbocycles. The van der Waals surface area contributed by atoms with Crippen molar-refractivity contribution in [2.45, 2.75) is 71.9 Å². The predicted octanol–water partition coefficient (Wildman–Crippen LogP) is 4.80. The molecule has 3 rings (SSSR count). The van der Waals surface area contributed by atoms with Gasteiger partial charge in [-0.05, 0) is 95.5 Å². The maximum absolute atomic E-state index is 13.2. The largest absolute Gasteiger partial charge is 0.443 e. The van der Waals surface area contributed by atoms with E-state index in [9.17, 15) is 34.2 Å². The number of alkyl halides is 1. The number of amides is 5. The lowest BCUT2D eigenvalue weighted by Crippen LogP contribution is -2.50. The number of carbonyl (C=O) groups excluding carboxylic acids is 5. The number of imide groups is 1. The first-order valence-corrected chi connectivity index (χ1v) is 15.4.